The summed E-state index contributed by atoms with van der Waals surface area (Å²) >= 11 is 0. The van der Waals surface area contributed by atoms with Gasteiger partial charge in [0, 0.05) is 25.8 Å². The van der Waals surface area contributed by atoms with E-state index in [9.17, 15) is 9.59 Å². The lowest BCUT2D eigenvalue weighted by Crippen LogP contribution is -2.42. The molecule has 1 aliphatic heterocycles. The summed E-state index contributed by atoms with van der Waals surface area (Å²) in [6.07, 6.45) is 7.88. The SMILES string of the molecule is CCN(CCC1CCN(C(=O)Nc2cccn(Cc3ccccc3)c2=O)CC1)CC1CC1. The van der Waals surface area contributed by atoms with Crippen LogP contribution in [0.5, 0.6) is 0 Å². The first-order valence-electron chi connectivity index (χ1n) is 12.1. The highest BCUT2D eigenvalue weighted by Gasteiger charge is 2.26. The summed E-state index contributed by atoms with van der Waals surface area (Å²) in [6.45, 7) is 7.84. The molecule has 1 aromatic carbocycles. The number of carbonyl (C=O) groups excluding carboxylic acids is 1. The number of nitrogens with one attached hydrogen (secondary N) is 1. The van der Waals surface area contributed by atoms with Gasteiger partial charge in [0.1, 0.15) is 5.69 Å². The summed E-state index contributed by atoms with van der Waals surface area (Å²) in [6, 6.07) is 13.2. The van der Waals surface area contributed by atoms with E-state index in [2.05, 4.69) is 17.1 Å². The second kappa shape index (κ2) is 10.8. The number of nitrogens with zero attached hydrogens (tertiary/aromatic N) is 3. The molecule has 1 N–H and O–H groups in total. The van der Waals surface area contributed by atoms with Crippen molar-refractivity contribution < 1.29 is 4.79 Å². The minimum atomic E-state index is -0.171. The average molecular weight is 437 g/mol. The number of anilines is 1. The maximum absolute atomic E-state index is 12.8. The van der Waals surface area contributed by atoms with E-state index in [1.165, 1.54) is 32.4 Å². The lowest BCUT2D eigenvalue weighted by atomic mass is 9.93. The van der Waals surface area contributed by atoms with Crippen LogP contribution in [0.2, 0.25) is 0 Å². The first-order chi connectivity index (χ1) is 15.6. The van der Waals surface area contributed by atoms with Crippen molar-refractivity contribution in [2.24, 2.45) is 11.8 Å². The van der Waals surface area contributed by atoms with Gasteiger partial charge in [-0.3, -0.25) is 4.79 Å². The molecule has 2 fully saturated rings. The Hall–Kier alpha value is -2.60. The normalized spacial score (nSPS) is 17.0. The van der Waals surface area contributed by atoms with Gasteiger partial charge in [0.05, 0.1) is 6.54 Å². The van der Waals surface area contributed by atoms with Crippen LogP contribution in [0.1, 0.15) is 44.6 Å². The van der Waals surface area contributed by atoms with Crippen LogP contribution in [-0.4, -0.2) is 53.1 Å². The fourth-order valence-electron chi connectivity index (χ4n) is 4.56. The van der Waals surface area contributed by atoms with Crippen molar-refractivity contribution in [3.8, 4) is 0 Å². The van der Waals surface area contributed by atoms with Gasteiger partial charge >= 0.3 is 6.03 Å². The van der Waals surface area contributed by atoms with Crippen LogP contribution in [0, 0.1) is 11.8 Å². The van der Waals surface area contributed by atoms with Gasteiger partial charge in [0.2, 0.25) is 0 Å². The number of aromatic nitrogens is 1. The summed E-state index contributed by atoms with van der Waals surface area (Å²) in [5.74, 6) is 1.63. The molecule has 2 amide bonds. The first kappa shape index (κ1) is 22.6. The number of hydrogen-bond donors (Lipinski definition) is 1. The number of carbonyl (C=O) groups is 1. The summed E-state index contributed by atoms with van der Waals surface area (Å²) < 4.78 is 1.64. The van der Waals surface area contributed by atoms with Crippen LogP contribution < -0.4 is 10.9 Å². The highest BCUT2D eigenvalue weighted by molar-refractivity contribution is 5.89. The number of rotatable bonds is 9. The van der Waals surface area contributed by atoms with Gasteiger partial charge in [0.25, 0.3) is 5.56 Å². The molecule has 32 heavy (non-hydrogen) atoms. The molecule has 1 aromatic heterocycles. The summed E-state index contributed by atoms with van der Waals surface area (Å²) in [7, 11) is 0. The van der Waals surface area contributed by atoms with Crippen LogP contribution in [0.4, 0.5) is 10.5 Å². The number of benzene rings is 1. The Kier molecular flexibility index (Phi) is 7.63. The molecule has 0 bridgehead atoms. The number of piperidine rings is 1. The smallest absolute Gasteiger partial charge is 0.321 e. The second-order valence-corrected chi connectivity index (χ2v) is 9.33. The first-order valence-corrected chi connectivity index (χ1v) is 12.1. The summed E-state index contributed by atoms with van der Waals surface area (Å²) in [5.41, 5.74) is 1.23. The van der Waals surface area contributed by atoms with E-state index in [1.54, 1.807) is 16.8 Å². The number of likely N-dealkylation sites (tertiary alicyclic amines) is 1. The molecular weight excluding hydrogens is 400 g/mol. The molecule has 0 radical (unpaired) electrons. The molecule has 0 atom stereocenters. The Morgan fingerprint density at radius 2 is 1.78 bits per heavy atom. The third-order valence-electron chi connectivity index (χ3n) is 6.87. The molecule has 2 aliphatic rings. The van der Waals surface area contributed by atoms with E-state index in [1.807, 2.05) is 41.3 Å². The van der Waals surface area contributed by atoms with Gasteiger partial charge in [-0.1, -0.05) is 37.3 Å². The van der Waals surface area contributed by atoms with Crippen LogP contribution >= 0.6 is 0 Å². The van der Waals surface area contributed by atoms with Crippen LogP contribution in [0.15, 0.2) is 53.5 Å². The van der Waals surface area contributed by atoms with Crippen molar-refractivity contribution in [2.45, 2.75) is 45.6 Å². The standard InChI is InChI=1S/C26H36N4O2/c1-2-28(19-23-10-11-23)16-12-21-13-17-29(18-14-21)26(32)27-24-9-6-15-30(25(24)31)20-22-7-4-3-5-8-22/h3-9,15,21,23H,2,10-14,16-20H2,1H3,(H,27,32). The van der Waals surface area contributed by atoms with Gasteiger partial charge in [-0.05, 0) is 74.7 Å². The molecule has 0 spiro atoms. The van der Waals surface area contributed by atoms with Crippen LogP contribution in [0.25, 0.3) is 0 Å². The van der Waals surface area contributed by atoms with Crippen molar-refractivity contribution in [1.82, 2.24) is 14.4 Å². The molecule has 1 saturated heterocycles. The lowest BCUT2D eigenvalue weighted by molar-refractivity contribution is 0.170. The molecule has 4 rings (SSSR count). The molecule has 2 heterocycles. The van der Waals surface area contributed by atoms with Gasteiger partial charge in [-0.2, -0.15) is 0 Å². The number of pyridine rings is 1. The van der Waals surface area contributed by atoms with Crippen molar-refractivity contribution >= 4 is 11.7 Å². The molecule has 6 nitrogen and oxygen atoms in total. The topological polar surface area (TPSA) is 57.6 Å². The fraction of sp³-hybridized carbons (Fsp3) is 0.538. The zero-order valence-corrected chi connectivity index (χ0v) is 19.2. The largest absolute Gasteiger partial charge is 0.325 e. The number of amides is 2. The molecule has 6 heteroatoms. The van der Waals surface area contributed by atoms with Crippen LogP contribution in [-0.2, 0) is 6.54 Å². The highest BCUT2D eigenvalue weighted by Crippen LogP contribution is 2.30. The zero-order valence-electron chi connectivity index (χ0n) is 19.2. The predicted molar refractivity (Wildman–Crippen MR) is 129 cm³/mol. The average Bonchev–Trinajstić information content (AvgIpc) is 3.64. The van der Waals surface area contributed by atoms with E-state index in [-0.39, 0.29) is 11.6 Å². The predicted octanol–water partition coefficient (Wildman–Crippen LogP) is 4.26. The summed E-state index contributed by atoms with van der Waals surface area (Å²) in [5, 5.41) is 2.85. The monoisotopic (exact) mass is 436 g/mol. The van der Waals surface area contributed by atoms with E-state index < -0.39 is 0 Å². The molecule has 2 aromatic rings. The second-order valence-electron chi connectivity index (χ2n) is 9.33. The van der Waals surface area contributed by atoms with Gasteiger partial charge < -0.3 is 19.7 Å². The highest BCUT2D eigenvalue weighted by atomic mass is 16.2. The van der Waals surface area contributed by atoms with Crippen molar-refractivity contribution in [3.63, 3.8) is 0 Å². The van der Waals surface area contributed by atoms with Crippen molar-refractivity contribution in [3.05, 3.63) is 64.6 Å². The fourth-order valence-corrected chi connectivity index (χ4v) is 4.56. The van der Waals surface area contributed by atoms with Crippen LogP contribution in [0.3, 0.4) is 0 Å². The molecule has 172 valence electrons. The number of hydrogen-bond acceptors (Lipinski definition) is 3. The quantitative estimate of drug-likeness (QED) is 0.639. The van der Waals surface area contributed by atoms with Crippen molar-refractivity contribution in [2.75, 3.05) is 38.0 Å². The van der Waals surface area contributed by atoms with Gasteiger partial charge in [0.15, 0.2) is 0 Å². The molecular formula is C26H36N4O2. The van der Waals surface area contributed by atoms with Gasteiger partial charge in [-0.15, -0.1) is 0 Å². The van der Waals surface area contributed by atoms with E-state index in [0.717, 1.165) is 44.0 Å². The Morgan fingerprint density at radius 1 is 1.03 bits per heavy atom. The Labute approximate surface area is 191 Å². The minimum absolute atomic E-state index is 0.165. The Bertz CT molecular complexity index is 930. The Balaban J connectivity index is 1.26. The maximum Gasteiger partial charge on any atom is 0.321 e. The minimum Gasteiger partial charge on any atom is -0.325 e. The molecule has 1 aliphatic carbocycles. The zero-order chi connectivity index (χ0) is 22.3. The van der Waals surface area contributed by atoms with E-state index in [0.29, 0.717) is 18.2 Å². The van der Waals surface area contributed by atoms with E-state index >= 15 is 0 Å². The third-order valence-corrected chi connectivity index (χ3v) is 6.87. The molecule has 0 unspecified atom stereocenters. The van der Waals surface area contributed by atoms with Crippen molar-refractivity contribution in [1.29, 1.82) is 0 Å². The van der Waals surface area contributed by atoms with E-state index in [4.69, 9.17) is 0 Å². The lowest BCUT2D eigenvalue weighted by Gasteiger charge is -2.33. The summed E-state index contributed by atoms with van der Waals surface area (Å²) in [4.78, 5) is 30.1. The third kappa shape index (κ3) is 6.22. The van der Waals surface area contributed by atoms with Gasteiger partial charge in [-0.25, -0.2) is 4.79 Å². The maximum atomic E-state index is 12.8. The molecule has 1 saturated carbocycles. The number of urea groups is 1. The Morgan fingerprint density at radius 3 is 2.47 bits per heavy atom.